The predicted octanol–water partition coefficient (Wildman–Crippen LogP) is 4.39. The zero-order valence-electron chi connectivity index (χ0n) is 18.2. The maximum atomic E-state index is 11.5. The van der Waals surface area contributed by atoms with Crippen LogP contribution in [0.4, 0.5) is 0 Å². The molecule has 6 N–H and O–H groups in total. The lowest BCUT2D eigenvalue weighted by molar-refractivity contribution is -0.222. The van der Waals surface area contributed by atoms with E-state index in [2.05, 4.69) is 23.6 Å². The first-order chi connectivity index (χ1) is 13.3. The molecule has 9 heteroatoms. The summed E-state index contributed by atoms with van der Waals surface area (Å²) in [4.78, 5) is 30.3. The number of aliphatic hydroxyl groups excluding tert-OH is 1. The van der Waals surface area contributed by atoms with Crippen molar-refractivity contribution in [2.45, 2.75) is 96.5 Å². The van der Waals surface area contributed by atoms with E-state index in [1.807, 2.05) is 0 Å². The third kappa shape index (κ3) is 25.2. The van der Waals surface area contributed by atoms with Gasteiger partial charge in [0.25, 0.3) is 7.82 Å². The van der Waals surface area contributed by atoms with Crippen LogP contribution in [-0.2, 0) is 18.6 Å². The Bertz CT molecular complexity index is 454. The van der Waals surface area contributed by atoms with Crippen molar-refractivity contribution in [1.82, 2.24) is 6.15 Å². The predicted molar refractivity (Wildman–Crippen MR) is 114 cm³/mol. The van der Waals surface area contributed by atoms with E-state index in [1.165, 1.54) is 38.5 Å². The summed E-state index contributed by atoms with van der Waals surface area (Å²) in [5.74, 6) is -0.435. The molecule has 0 amide bonds. The lowest BCUT2D eigenvalue weighted by atomic mass is 10.1. The topological polar surface area (TPSA) is 153 Å². The van der Waals surface area contributed by atoms with E-state index >= 15 is 0 Å². The van der Waals surface area contributed by atoms with Crippen LogP contribution >= 0.6 is 7.82 Å². The van der Waals surface area contributed by atoms with Crippen LogP contribution in [-0.4, -0.2) is 35.3 Å². The number of rotatable bonds is 19. The molecule has 0 saturated heterocycles. The first-order valence-corrected chi connectivity index (χ1v) is 12.0. The first kappa shape index (κ1) is 30.4. The summed E-state index contributed by atoms with van der Waals surface area (Å²) in [5.41, 5.74) is 0. The summed E-state index contributed by atoms with van der Waals surface area (Å²) in [6, 6.07) is 0. The number of allylic oxidation sites excluding steroid dienone is 2. The molecule has 0 spiro atoms. The Hall–Kier alpha value is -0.760. The molecule has 0 saturated carbocycles. The zero-order chi connectivity index (χ0) is 21.1. The van der Waals surface area contributed by atoms with Crippen molar-refractivity contribution in [3.63, 3.8) is 0 Å². The zero-order valence-corrected chi connectivity index (χ0v) is 19.1. The van der Waals surface area contributed by atoms with Gasteiger partial charge in [0.2, 0.25) is 0 Å². The quantitative estimate of drug-likeness (QED) is 0.117. The van der Waals surface area contributed by atoms with Gasteiger partial charge >= 0.3 is 5.97 Å². The van der Waals surface area contributed by atoms with E-state index in [-0.39, 0.29) is 19.2 Å². The molecule has 0 rings (SSSR count). The maximum Gasteiger partial charge on any atom is 0.305 e. The van der Waals surface area contributed by atoms with Gasteiger partial charge in [0, 0.05) is 6.42 Å². The number of quaternary nitrogens is 1. The summed E-state index contributed by atoms with van der Waals surface area (Å²) in [6.45, 7) is 1.23. The van der Waals surface area contributed by atoms with Crippen LogP contribution in [0.1, 0.15) is 90.4 Å². The standard InChI is InChI=1S/C20H39O7P.H3N/c1-2-3-4-5-6-7-8-9-10-11-12-13-14-15-16-20(22)26-17-19(21)18-27-28(23,24)25;/h8-9,19,21H,2-7,10-18H2,1H3,(H2,23,24,25);1H3/b9-8-;/t19-;/m1./s1. The van der Waals surface area contributed by atoms with Crippen molar-refractivity contribution in [1.29, 1.82) is 0 Å². The summed E-state index contributed by atoms with van der Waals surface area (Å²) in [6.07, 6.45) is 17.5. The van der Waals surface area contributed by atoms with E-state index in [4.69, 9.17) is 9.63 Å². The highest BCUT2D eigenvalue weighted by Gasteiger charge is 2.12. The molecule has 0 radical (unpaired) electrons. The van der Waals surface area contributed by atoms with E-state index < -0.39 is 26.5 Å². The molecule has 0 aliphatic carbocycles. The second kappa shape index (κ2) is 20.5. The van der Waals surface area contributed by atoms with Gasteiger partial charge in [-0.25, -0.2) is 0 Å². The summed E-state index contributed by atoms with van der Waals surface area (Å²) in [5, 5.41) is 9.38. The summed E-state index contributed by atoms with van der Waals surface area (Å²) < 4.78 is 19.2. The number of hydrogen-bond acceptors (Lipinski definition) is 6. The molecule has 2 atom stereocenters. The fourth-order valence-electron chi connectivity index (χ4n) is 2.65. The molecule has 0 aromatic rings. The van der Waals surface area contributed by atoms with Crippen molar-refractivity contribution in [3.8, 4) is 0 Å². The molecule has 0 aliphatic heterocycles. The second-order valence-corrected chi connectivity index (χ2v) is 8.28. The van der Waals surface area contributed by atoms with Crippen molar-refractivity contribution >= 4 is 13.8 Å². The average Bonchev–Trinajstić information content (AvgIpc) is 2.64. The van der Waals surface area contributed by atoms with Gasteiger partial charge in [0.15, 0.2) is 0 Å². The number of esters is 1. The van der Waals surface area contributed by atoms with Crippen molar-refractivity contribution in [2.75, 3.05) is 13.2 Å². The molecule has 0 aromatic carbocycles. The van der Waals surface area contributed by atoms with Crippen LogP contribution in [0.3, 0.4) is 0 Å². The van der Waals surface area contributed by atoms with E-state index in [0.717, 1.165) is 38.5 Å². The normalized spacial score (nSPS) is 14.3. The fourth-order valence-corrected chi connectivity index (χ4v) is 3.01. The van der Waals surface area contributed by atoms with Crippen LogP contribution in [0.15, 0.2) is 12.2 Å². The Morgan fingerprint density at radius 3 is 2.03 bits per heavy atom. The molecule has 0 aliphatic rings. The molecule has 174 valence electrons. The molecule has 29 heavy (non-hydrogen) atoms. The number of phosphoric acid groups is 1. The summed E-state index contributed by atoms with van der Waals surface area (Å²) >= 11 is 0. The SMILES string of the molecule is CCCCCCC/C=C\CCCCCCCC(=O)OC[C@@H](O)COP(=O)([O-])O.[NH4+]. The summed E-state index contributed by atoms with van der Waals surface area (Å²) in [7, 11) is -4.87. The Morgan fingerprint density at radius 1 is 0.966 bits per heavy atom. The van der Waals surface area contributed by atoms with Gasteiger partial charge in [-0.2, -0.15) is 0 Å². The van der Waals surface area contributed by atoms with Gasteiger partial charge in [0.1, 0.15) is 12.7 Å². The average molecular weight is 440 g/mol. The van der Waals surface area contributed by atoms with Crippen LogP contribution in [0.25, 0.3) is 0 Å². The van der Waals surface area contributed by atoms with E-state index in [9.17, 15) is 19.4 Å². The lowest BCUT2D eigenvalue weighted by Crippen LogP contribution is -2.24. The second-order valence-electron chi connectivity index (χ2n) is 7.08. The van der Waals surface area contributed by atoms with Crippen LogP contribution < -0.4 is 11.0 Å². The van der Waals surface area contributed by atoms with Gasteiger partial charge in [-0.15, -0.1) is 0 Å². The van der Waals surface area contributed by atoms with Crippen LogP contribution in [0.2, 0.25) is 0 Å². The number of ether oxygens (including phenoxy) is 1. The minimum Gasteiger partial charge on any atom is -0.756 e. The van der Waals surface area contributed by atoms with Gasteiger partial charge in [-0.3, -0.25) is 9.36 Å². The molecule has 1 unspecified atom stereocenters. The molecule has 8 nitrogen and oxygen atoms in total. The Balaban J connectivity index is 0. The van der Waals surface area contributed by atoms with E-state index in [0.29, 0.717) is 0 Å². The highest BCUT2D eigenvalue weighted by molar-refractivity contribution is 7.44. The molecular formula is C20H42NO7P. The largest absolute Gasteiger partial charge is 0.756 e. The fraction of sp³-hybridized carbons (Fsp3) is 0.850. The van der Waals surface area contributed by atoms with Crippen molar-refractivity contribution < 1.29 is 33.5 Å². The Kier molecular flexibility index (Phi) is 21.5. The number of phosphoric ester groups is 1. The van der Waals surface area contributed by atoms with Crippen LogP contribution in [0, 0.1) is 0 Å². The maximum absolute atomic E-state index is 11.5. The Labute approximate surface area is 175 Å². The van der Waals surface area contributed by atoms with Crippen molar-refractivity contribution in [2.24, 2.45) is 0 Å². The lowest BCUT2D eigenvalue weighted by Gasteiger charge is -2.18. The highest BCUT2D eigenvalue weighted by atomic mass is 31.2. The smallest absolute Gasteiger partial charge is 0.305 e. The monoisotopic (exact) mass is 439 g/mol. The third-order valence-electron chi connectivity index (χ3n) is 4.26. The van der Waals surface area contributed by atoms with Gasteiger partial charge < -0.3 is 30.3 Å². The number of unbranched alkanes of at least 4 members (excludes halogenated alkanes) is 10. The van der Waals surface area contributed by atoms with E-state index in [1.54, 1.807) is 0 Å². The number of aliphatic hydroxyl groups is 1. The molecular weight excluding hydrogens is 397 g/mol. The molecule has 0 bridgehead atoms. The molecule has 0 aromatic heterocycles. The number of hydrogen-bond donors (Lipinski definition) is 3. The third-order valence-corrected chi connectivity index (χ3v) is 4.73. The van der Waals surface area contributed by atoms with Crippen LogP contribution in [0.5, 0.6) is 0 Å². The first-order valence-electron chi connectivity index (χ1n) is 10.5. The number of carbonyl (C=O) groups is 1. The van der Waals surface area contributed by atoms with Gasteiger partial charge in [-0.1, -0.05) is 64.0 Å². The van der Waals surface area contributed by atoms with Gasteiger partial charge in [-0.05, 0) is 32.1 Å². The van der Waals surface area contributed by atoms with Crippen molar-refractivity contribution in [3.05, 3.63) is 12.2 Å². The molecule has 0 fully saturated rings. The Morgan fingerprint density at radius 2 is 1.48 bits per heavy atom. The molecule has 0 heterocycles. The minimum absolute atomic E-state index is 0. The minimum atomic E-state index is -4.87. The number of carbonyl (C=O) groups excluding carboxylic acids is 1. The van der Waals surface area contributed by atoms with Gasteiger partial charge in [0.05, 0.1) is 6.61 Å². The highest BCUT2D eigenvalue weighted by Crippen LogP contribution is 2.30.